The Morgan fingerprint density at radius 1 is 1.00 bits per heavy atom. The molecule has 3 nitrogen and oxygen atoms in total. The molecule has 0 saturated carbocycles. The monoisotopic (exact) mass is 343 g/mol. The molecule has 0 unspecified atom stereocenters. The van der Waals surface area contributed by atoms with Crippen LogP contribution >= 0.6 is 46.5 Å². The van der Waals surface area contributed by atoms with Crippen molar-refractivity contribution < 1.29 is 0 Å². The minimum absolute atomic E-state index is 0.510. The molecule has 1 heterocycles. The van der Waals surface area contributed by atoms with Crippen LogP contribution in [0.1, 0.15) is 5.56 Å². The number of benzene rings is 2. The molecule has 1 N–H and O–H groups in total. The molecule has 0 amide bonds. The second-order valence-electron chi connectivity index (χ2n) is 4.14. The van der Waals surface area contributed by atoms with E-state index in [0.29, 0.717) is 21.6 Å². The van der Waals surface area contributed by atoms with E-state index in [9.17, 15) is 0 Å². The van der Waals surface area contributed by atoms with Crippen molar-refractivity contribution in [2.75, 3.05) is 5.32 Å². The van der Waals surface area contributed by atoms with Gasteiger partial charge in [-0.3, -0.25) is 0 Å². The third-order valence-electron chi connectivity index (χ3n) is 2.84. The van der Waals surface area contributed by atoms with Crippen LogP contribution in [-0.4, -0.2) is 8.75 Å². The largest absolute Gasteiger partial charge is 0.378 e. The Kier molecular flexibility index (Phi) is 3.98. The third-order valence-corrected chi connectivity index (χ3v) is 4.30. The van der Waals surface area contributed by atoms with Crippen molar-refractivity contribution in [2.24, 2.45) is 0 Å². The molecular formula is C13H8Cl3N3S. The highest BCUT2D eigenvalue weighted by Crippen LogP contribution is 2.31. The van der Waals surface area contributed by atoms with Crippen molar-refractivity contribution in [1.29, 1.82) is 0 Å². The van der Waals surface area contributed by atoms with Crippen LogP contribution in [0.25, 0.3) is 11.0 Å². The summed E-state index contributed by atoms with van der Waals surface area (Å²) < 4.78 is 8.45. The summed E-state index contributed by atoms with van der Waals surface area (Å²) in [5.41, 5.74) is 3.24. The first kappa shape index (κ1) is 13.9. The SMILES string of the molecule is Clc1ccc(Cl)c(CNc2c(Cl)ccc3nsnc23)c1. The van der Waals surface area contributed by atoms with Crippen LogP contribution < -0.4 is 5.32 Å². The van der Waals surface area contributed by atoms with Crippen molar-refractivity contribution in [3.8, 4) is 0 Å². The molecule has 20 heavy (non-hydrogen) atoms. The smallest absolute Gasteiger partial charge is 0.129 e. The van der Waals surface area contributed by atoms with Gasteiger partial charge in [0.25, 0.3) is 0 Å². The molecule has 1 aromatic heterocycles. The highest BCUT2D eigenvalue weighted by Gasteiger charge is 2.10. The fourth-order valence-corrected chi connectivity index (χ4v) is 3.00. The van der Waals surface area contributed by atoms with Crippen LogP contribution in [0.5, 0.6) is 0 Å². The predicted molar refractivity (Wildman–Crippen MR) is 86.2 cm³/mol. The number of aromatic nitrogens is 2. The standard InChI is InChI=1S/C13H8Cl3N3S/c14-8-1-2-9(15)7(5-8)6-17-12-10(16)3-4-11-13(12)19-20-18-11/h1-5,17H,6H2. The first-order valence-electron chi connectivity index (χ1n) is 5.74. The van der Waals surface area contributed by atoms with Gasteiger partial charge in [0.15, 0.2) is 0 Å². The summed E-state index contributed by atoms with van der Waals surface area (Å²) in [6.45, 7) is 0.510. The lowest BCUT2D eigenvalue weighted by Crippen LogP contribution is -2.01. The van der Waals surface area contributed by atoms with Gasteiger partial charge in [0, 0.05) is 16.6 Å². The van der Waals surface area contributed by atoms with E-state index in [4.69, 9.17) is 34.8 Å². The van der Waals surface area contributed by atoms with E-state index < -0.39 is 0 Å². The first-order valence-corrected chi connectivity index (χ1v) is 7.60. The number of nitrogens with zero attached hydrogens (tertiary/aromatic N) is 2. The van der Waals surface area contributed by atoms with E-state index in [1.54, 1.807) is 18.2 Å². The molecule has 0 atom stereocenters. The Bertz CT molecular complexity index is 773. The predicted octanol–water partition coefficient (Wildman–Crippen LogP) is 5.26. The number of hydrogen-bond acceptors (Lipinski definition) is 4. The number of rotatable bonds is 3. The molecule has 3 rings (SSSR count). The van der Waals surface area contributed by atoms with Crippen LogP contribution in [-0.2, 0) is 6.54 Å². The molecule has 0 saturated heterocycles. The van der Waals surface area contributed by atoms with Gasteiger partial charge >= 0.3 is 0 Å². The van der Waals surface area contributed by atoms with Crippen molar-refractivity contribution in [1.82, 2.24) is 8.75 Å². The maximum absolute atomic E-state index is 6.21. The zero-order valence-electron chi connectivity index (χ0n) is 10.0. The van der Waals surface area contributed by atoms with Gasteiger partial charge in [-0.15, -0.1) is 0 Å². The zero-order chi connectivity index (χ0) is 14.1. The Hall–Kier alpha value is -1.07. The van der Waals surface area contributed by atoms with E-state index >= 15 is 0 Å². The first-order chi connectivity index (χ1) is 9.65. The summed E-state index contributed by atoms with van der Waals surface area (Å²) in [5, 5.41) is 5.15. The zero-order valence-corrected chi connectivity index (χ0v) is 13.1. The molecule has 0 aliphatic rings. The lowest BCUT2D eigenvalue weighted by Gasteiger charge is -2.10. The highest BCUT2D eigenvalue weighted by atomic mass is 35.5. The number of fused-ring (bicyclic) bond motifs is 1. The lowest BCUT2D eigenvalue weighted by molar-refractivity contribution is 1.15. The van der Waals surface area contributed by atoms with E-state index in [-0.39, 0.29) is 0 Å². The summed E-state index contributed by atoms with van der Waals surface area (Å²) in [7, 11) is 0. The molecule has 0 radical (unpaired) electrons. The molecule has 7 heteroatoms. The Labute approximate surface area is 134 Å². The average Bonchev–Trinajstić information content (AvgIpc) is 2.90. The molecule has 0 aliphatic heterocycles. The minimum atomic E-state index is 0.510. The second-order valence-corrected chi connectivity index (χ2v) is 5.92. The van der Waals surface area contributed by atoms with Gasteiger partial charge < -0.3 is 5.32 Å². The Balaban J connectivity index is 1.92. The van der Waals surface area contributed by atoms with Gasteiger partial charge in [-0.05, 0) is 35.9 Å². The molecule has 0 spiro atoms. The molecule has 0 aliphatic carbocycles. The van der Waals surface area contributed by atoms with Crippen LogP contribution in [0, 0.1) is 0 Å². The summed E-state index contributed by atoms with van der Waals surface area (Å²) in [4.78, 5) is 0. The van der Waals surface area contributed by atoms with Crippen LogP contribution in [0.3, 0.4) is 0 Å². The number of nitrogens with one attached hydrogen (secondary N) is 1. The average molecular weight is 345 g/mol. The minimum Gasteiger partial charge on any atom is -0.378 e. The fraction of sp³-hybridized carbons (Fsp3) is 0.0769. The normalized spacial score (nSPS) is 10.9. The van der Waals surface area contributed by atoms with Crippen LogP contribution in [0.2, 0.25) is 15.1 Å². The maximum atomic E-state index is 6.21. The van der Waals surface area contributed by atoms with Gasteiger partial charge in [0.1, 0.15) is 11.0 Å². The van der Waals surface area contributed by atoms with Crippen LogP contribution in [0.4, 0.5) is 5.69 Å². The van der Waals surface area contributed by atoms with Crippen molar-refractivity contribution in [3.63, 3.8) is 0 Å². The highest BCUT2D eigenvalue weighted by molar-refractivity contribution is 7.00. The fourth-order valence-electron chi connectivity index (χ4n) is 1.86. The molecular weight excluding hydrogens is 337 g/mol. The van der Waals surface area contributed by atoms with Gasteiger partial charge in [-0.1, -0.05) is 34.8 Å². The van der Waals surface area contributed by atoms with E-state index in [1.807, 2.05) is 12.1 Å². The summed E-state index contributed by atoms with van der Waals surface area (Å²) in [5.74, 6) is 0. The summed E-state index contributed by atoms with van der Waals surface area (Å²) in [6, 6.07) is 9.00. The van der Waals surface area contributed by atoms with E-state index in [0.717, 1.165) is 34.0 Å². The third kappa shape index (κ3) is 2.69. The van der Waals surface area contributed by atoms with Gasteiger partial charge in [0.2, 0.25) is 0 Å². The Morgan fingerprint density at radius 2 is 1.80 bits per heavy atom. The number of halogens is 3. The van der Waals surface area contributed by atoms with E-state index in [1.165, 1.54) is 0 Å². The van der Waals surface area contributed by atoms with Crippen molar-refractivity contribution in [3.05, 3.63) is 51.0 Å². The van der Waals surface area contributed by atoms with Crippen molar-refractivity contribution in [2.45, 2.75) is 6.54 Å². The number of hydrogen-bond donors (Lipinski definition) is 1. The Morgan fingerprint density at radius 3 is 2.65 bits per heavy atom. The molecule has 0 fully saturated rings. The van der Waals surface area contributed by atoms with E-state index in [2.05, 4.69) is 14.1 Å². The second kappa shape index (κ2) is 5.74. The van der Waals surface area contributed by atoms with Gasteiger partial charge in [-0.25, -0.2) is 0 Å². The van der Waals surface area contributed by atoms with Gasteiger partial charge in [-0.2, -0.15) is 8.75 Å². The topological polar surface area (TPSA) is 37.8 Å². The molecule has 0 bridgehead atoms. The number of anilines is 1. The summed E-state index contributed by atoms with van der Waals surface area (Å²) in [6.07, 6.45) is 0. The molecule has 3 aromatic rings. The lowest BCUT2D eigenvalue weighted by atomic mass is 10.2. The van der Waals surface area contributed by atoms with Crippen molar-refractivity contribution >= 4 is 63.3 Å². The quantitative estimate of drug-likeness (QED) is 0.704. The van der Waals surface area contributed by atoms with Gasteiger partial charge in [0.05, 0.1) is 22.4 Å². The van der Waals surface area contributed by atoms with Crippen LogP contribution in [0.15, 0.2) is 30.3 Å². The molecule has 2 aromatic carbocycles. The summed E-state index contributed by atoms with van der Waals surface area (Å²) >= 11 is 19.5. The molecule has 102 valence electrons. The maximum Gasteiger partial charge on any atom is 0.129 e.